The highest BCUT2D eigenvalue weighted by Crippen LogP contribution is 2.37. The Kier molecular flexibility index (Phi) is 17.7. The molecular weight excluding hydrogens is 677 g/mol. The Hall–Kier alpha value is -2.07. The molecular formula is C36H64O10Si3. The largest absolute Gasteiger partial charge is 0.458 e. The van der Waals surface area contributed by atoms with Crippen LogP contribution in [-0.2, 0) is 46.4 Å². The Morgan fingerprint density at radius 3 is 1.29 bits per heavy atom. The molecule has 0 bridgehead atoms. The predicted octanol–water partition coefficient (Wildman–Crippen LogP) is 8.13. The molecule has 0 saturated heterocycles. The normalized spacial score (nSPS) is 24.7. The first kappa shape index (κ1) is 43.1. The highest BCUT2D eigenvalue weighted by atomic mass is 28.5. The van der Waals surface area contributed by atoms with Crippen molar-refractivity contribution in [3.05, 3.63) is 25.3 Å². The van der Waals surface area contributed by atoms with E-state index in [1.165, 1.54) is 0 Å². The van der Waals surface area contributed by atoms with Crippen LogP contribution in [0.1, 0.15) is 90.9 Å². The zero-order valence-corrected chi connectivity index (χ0v) is 34.5. The molecule has 0 aromatic heterocycles. The highest BCUT2D eigenvalue weighted by molar-refractivity contribution is 6.87. The molecule has 0 spiro atoms. The molecule has 0 N–H and O–H groups in total. The number of carbonyl (C=O) groups is 4. The summed E-state index contributed by atoms with van der Waals surface area (Å²) in [5.74, 6) is -0.795. The molecule has 6 unspecified atom stereocenters. The summed E-state index contributed by atoms with van der Waals surface area (Å²) in [5.41, 5.74) is 0. The first-order valence-electron chi connectivity index (χ1n) is 18.4. The van der Waals surface area contributed by atoms with E-state index in [4.69, 9.17) is 27.2 Å². The fourth-order valence-electron chi connectivity index (χ4n) is 7.23. The summed E-state index contributed by atoms with van der Waals surface area (Å²) in [6.45, 7) is 24.2. The van der Waals surface area contributed by atoms with Crippen LogP contribution >= 0.6 is 0 Å². The lowest BCUT2D eigenvalue weighted by Gasteiger charge is -2.40. The van der Waals surface area contributed by atoms with Gasteiger partial charge in [0.05, 0.1) is 0 Å². The van der Waals surface area contributed by atoms with Gasteiger partial charge >= 0.3 is 32.4 Å². The molecule has 0 aromatic rings. The molecule has 10 nitrogen and oxygen atoms in total. The fraction of sp³-hybridized carbons (Fsp3) is 0.778. The van der Waals surface area contributed by atoms with Gasteiger partial charge in [0.25, 0.3) is 0 Å². The van der Waals surface area contributed by atoms with Gasteiger partial charge in [-0.3, -0.25) is 9.59 Å². The van der Waals surface area contributed by atoms with E-state index in [2.05, 4.69) is 52.4 Å². The van der Waals surface area contributed by atoms with E-state index < -0.39 is 61.6 Å². The maximum Gasteiger partial charge on any atom is 0.330 e. The SMILES string of the molecule is C=CC(=O)OC1CC(CC[Si](C)(C)O[Si](C)(C)O[Si](C)(C)CCC2CCC(OC(=O)CCC)C(OC(=O)C=C)C2)CCC1OC(=O)CCC. The van der Waals surface area contributed by atoms with Crippen molar-refractivity contribution in [3.8, 4) is 0 Å². The van der Waals surface area contributed by atoms with Gasteiger partial charge < -0.3 is 27.2 Å². The third kappa shape index (κ3) is 16.2. The van der Waals surface area contributed by atoms with Gasteiger partial charge in [0.15, 0.2) is 16.6 Å². The Morgan fingerprint density at radius 2 is 0.959 bits per heavy atom. The van der Waals surface area contributed by atoms with Crippen LogP contribution in [0.25, 0.3) is 0 Å². The van der Waals surface area contributed by atoms with E-state index in [9.17, 15) is 19.2 Å². The second-order valence-electron chi connectivity index (χ2n) is 15.5. The van der Waals surface area contributed by atoms with Gasteiger partial charge in [-0.2, -0.15) is 0 Å². The third-order valence-corrected chi connectivity index (χ3v) is 20.7. The molecule has 2 saturated carbocycles. The minimum atomic E-state index is -2.46. The number of hydrogen-bond donors (Lipinski definition) is 0. The maximum absolute atomic E-state index is 12.2. The van der Waals surface area contributed by atoms with E-state index in [0.29, 0.717) is 63.2 Å². The number of carbonyl (C=O) groups excluding carboxylic acids is 4. The predicted molar refractivity (Wildman–Crippen MR) is 198 cm³/mol. The van der Waals surface area contributed by atoms with Crippen molar-refractivity contribution in [2.24, 2.45) is 11.8 Å². The summed E-state index contributed by atoms with van der Waals surface area (Å²) in [4.78, 5) is 48.5. The summed E-state index contributed by atoms with van der Waals surface area (Å²) in [6, 6.07) is 1.91. The van der Waals surface area contributed by atoms with Crippen molar-refractivity contribution >= 4 is 49.1 Å². The van der Waals surface area contributed by atoms with Crippen molar-refractivity contribution in [1.82, 2.24) is 0 Å². The molecule has 2 aliphatic rings. The van der Waals surface area contributed by atoms with Gasteiger partial charge in [-0.1, -0.05) is 39.8 Å². The summed E-state index contributed by atoms with van der Waals surface area (Å²) < 4.78 is 36.5. The van der Waals surface area contributed by atoms with E-state index >= 15 is 0 Å². The Morgan fingerprint density at radius 1 is 0.592 bits per heavy atom. The van der Waals surface area contributed by atoms with Gasteiger partial charge in [0.1, 0.15) is 24.4 Å². The molecule has 13 heteroatoms. The van der Waals surface area contributed by atoms with Gasteiger partial charge in [0, 0.05) is 25.0 Å². The van der Waals surface area contributed by atoms with Crippen LogP contribution in [0, 0.1) is 11.8 Å². The lowest BCUT2D eigenvalue weighted by molar-refractivity contribution is -0.170. The van der Waals surface area contributed by atoms with Crippen LogP contribution in [-0.4, -0.2) is 73.5 Å². The minimum absolute atomic E-state index is 0.248. The average Bonchev–Trinajstić information content (AvgIpc) is 3.00. The van der Waals surface area contributed by atoms with E-state index in [1.54, 1.807) is 0 Å². The van der Waals surface area contributed by atoms with E-state index in [1.807, 2.05) is 13.8 Å². The minimum Gasteiger partial charge on any atom is -0.458 e. The summed E-state index contributed by atoms with van der Waals surface area (Å²) in [7, 11) is -6.65. The zero-order chi connectivity index (χ0) is 36.8. The maximum atomic E-state index is 12.2. The van der Waals surface area contributed by atoms with Gasteiger partial charge in [-0.05, 0) is 115 Å². The van der Waals surface area contributed by atoms with Gasteiger partial charge in [-0.15, -0.1) is 0 Å². The standard InChI is InChI=1S/C36H64O10Si3/c1-11-15-35(39)41-29-19-17-27(25-31(29)43-33(37)13-3)21-23-47(5,6)45-49(9,10)46-48(7,8)24-22-28-18-20-30(42-36(40)16-12-2)32(26-28)44-34(38)14-4/h13-14,27-32H,3-4,11-12,15-26H2,1-2,5-10H3. The lowest BCUT2D eigenvalue weighted by Crippen LogP contribution is -2.52. The third-order valence-electron chi connectivity index (χ3n) is 9.38. The van der Waals surface area contributed by atoms with E-state index in [0.717, 1.165) is 49.9 Å². The first-order chi connectivity index (χ1) is 22.9. The first-order valence-corrected chi connectivity index (χ1v) is 27.4. The monoisotopic (exact) mass is 740 g/mol. The van der Waals surface area contributed by atoms with Crippen LogP contribution in [0.2, 0.25) is 51.4 Å². The molecule has 0 radical (unpaired) electrons. The summed E-state index contributed by atoms with van der Waals surface area (Å²) in [5, 5.41) is 0. The number of ether oxygens (including phenoxy) is 4. The molecule has 0 amide bonds. The molecule has 0 heterocycles. The fourth-order valence-corrected chi connectivity index (χ4v) is 21.4. The van der Waals surface area contributed by atoms with Crippen molar-refractivity contribution in [1.29, 1.82) is 0 Å². The van der Waals surface area contributed by atoms with Crippen molar-refractivity contribution < 1.29 is 46.4 Å². The van der Waals surface area contributed by atoms with E-state index in [-0.39, 0.29) is 11.9 Å². The number of rotatable bonds is 20. The topological polar surface area (TPSA) is 124 Å². The highest BCUT2D eigenvalue weighted by Gasteiger charge is 2.42. The van der Waals surface area contributed by atoms with Crippen LogP contribution in [0.5, 0.6) is 0 Å². The van der Waals surface area contributed by atoms with Gasteiger partial charge in [-0.25, -0.2) is 9.59 Å². The van der Waals surface area contributed by atoms with Crippen LogP contribution < -0.4 is 0 Å². The molecule has 2 fully saturated rings. The average molecular weight is 741 g/mol. The van der Waals surface area contributed by atoms with Crippen molar-refractivity contribution in [3.63, 3.8) is 0 Å². The molecule has 6 atom stereocenters. The molecule has 2 rings (SSSR count). The second-order valence-corrected chi connectivity index (χ2v) is 27.9. The number of hydrogen-bond acceptors (Lipinski definition) is 10. The van der Waals surface area contributed by atoms with Crippen molar-refractivity contribution in [2.75, 3.05) is 0 Å². The Bertz CT molecular complexity index is 1040. The number of esters is 4. The molecule has 2 aliphatic carbocycles. The van der Waals surface area contributed by atoms with Gasteiger partial charge in [0.2, 0.25) is 0 Å². The Labute approximate surface area is 298 Å². The zero-order valence-electron chi connectivity index (χ0n) is 31.5. The quantitative estimate of drug-likeness (QED) is 0.0523. The van der Waals surface area contributed by atoms with Crippen LogP contribution in [0.15, 0.2) is 25.3 Å². The summed E-state index contributed by atoms with van der Waals surface area (Å²) in [6.07, 6.45) is 9.06. The Balaban J connectivity index is 1.92. The smallest absolute Gasteiger partial charge is 0.330 e. The lowest BCUT2D eigenvalue weighted by atomic mass is 9.83. The molecule has 0 aliphatic heterocycles. The molecule has 280 valence electrons. The molecule has 49 heavy (non-hydrogen) atoms. The van der Waals surface area contributed by atoms with Crippen LogP contribution in [0.4, 0.5) is 0 Å². The van der Waals surface area contributed by atoms with Crippen molar-refractivity contribution in [2.45, 2.75) is 167 Å². The summed E-state index contributed by atoms with van der Waals surface area (Å²) >= 11 is 0. The molecule has 0 aromatic carbocycles. The van der Waals surface area contributed by atoms with Crippen LogP contribution in [0.3, 0.4) is 0 Å². The second kappa shape index (κ2) is 20.1.